The van der Waals surface area contributed by atoms with Crippen molar-refractivity contribution in [3.05, 3.63) is 110 Å². The number of nitrogens with zero attached hydrogens (tertiary/aromatic N) is 5. The summed E-state index contributed by atoms with van der Waals surface area (Å²) in [6, 6.07) is 18.2. The highest BCUT2D eigenvalue weighted by molar-refractivity contribution is 7.22. The Morgan fingerprint density at radius 1 is 0.964 bits per heavy atom. The maximum atomic E-state index is 15.1. The summed E-state index contributed by atoms with van der Waals surface area (Å²) in [5.74, 6) is -5.60. The van der Waals surface area contributed by atoms with Gasteiger partial charge in [0.25, 0.3) is 5.69 Å². The van der Waals surface area contributed by atoms with Gasteiger partial charge in [0.1, 0.15) is 17.3 Å². The molecule has 2 aliphatic carbocycles. The van der Waals surface area contributed by atoms with Gasteiger partial charge in [0, 0.05) is 46.5 Å². The number of amides is 4. The zero-order valence-electron chi connectivity index (χ0n) is 30.1. The van der Waals surface area contributed by atoms with Gasteiger partial charge in [0.2, 0.25) is 23.6 Å². The van der Waals surface area contributed by atoms with E-state index in [-0.39, 0.29) is 30.0 Å². The number of nitro groups is 1. The summed E-state index contributed by atoms with van der Waals surface area (Å²) in [6.07, 6.45) is 2.20. The Morgan fingerprint density at radius 3 is 2.49 bits per heavy atom. The van der Waals surface area contributed by atoms with Crippen LogP contribution in [0.25, 0.3) is 20.7 Å². The molecule has 4 heterocycles. The van der Waals surface area contributed by atoms with E-state index in [2.05, 4.69) is 0 Å². The quantitative estimate of drug-likeness (QED) is 0.0828. The number of anilines is 2. The first-order valence-corrected chi connectivity index (χ1v) is 19.1. The molecule has 9 rings (SSSR count). The van der Waals surface area contributed by atoms with Gasteiger partial charge in [-0.15, -0.1) is 11.3 Å². The summed E-state index contributed by atoms with van der Waals surface area (Å²) in [6.45, 7) is 5.51. The van der Waals surface area contributed by atoms with Gasteiger partial charge in [0.15, 0.2) is 0 Å². The minimum absolute atomic E-state index is 0.00921. The first kappa shape index (κ1) is 35.1. The standard InChI is InChI=1S/C41H34ClN5O7S/c1-19-7-5-10-26(35(19)48)34-24-12-13-25-33(39(51)45(37(25)49)22-8-6-9-23(16-22)47(53)54)28(24)17-29-38(50)46(40(52)41(29,34)3)32-18-30(43-44(32)4)36-20(2)27-15-21(42)11-14-31(27)55-36/h5-12,14-16,18,25,28-29,33-34,48H,13,17H2,1-4H3/t25-,28+,29-,33-,34+,41+/m0/s1. The number of imide groups is 2. The summed E-state index contributed by atoms with van der Waals surface area (Å²) in [4.78, 5) is 72.5. The maximum absolute atomic E-state index is 15.1. The summed E-state index contributed by atoms with van der Waals surface area (Å²) in [7, 11) is 1.69. The second kappa shape index (κ2) is 12.2. The van der Waals surface area contributed by atoms with E-state index in [1.54, 1.807) is 56.5 Å². The number of aromatic nitrogens is 2. The molecule has 2 aromatic heterocycles. The molecule has 2 saturated heterocycles. The highest BCUT2D eigenvalue weighted by atomic mass is 35.5. The van der Waals surface area contributed by atoms with Crippen molar-refractivity contribution in [2.75, 3.05) is 9.80 Å². The van der Waals surface area contributed by atoms with Gasteiger partial charge in [-0.25, -0.2) is 9.80 Å². The van der Waals surface area contributed by atoms with E-state index in [9.17, 15) is 29.6 Å². The van der Waals surface area contributed by atoms with E-state index >= 15 is 4.79 Å². The first-order valence-electron chi connectivity index (χ1n) is 17.9. The second-order valence-electron chi connectivity index (χ2n) is 15.2. The fraction of sp³-hybridized carbons (Fsp3) is 0.293. The van der Waals surface area contributed by atoms with E-state index in [1.807, 2.05) is 31.2 Å². The molecule has 3 aromatic carbocycles. The van der Waals surface area contributed by atoms with Gasteiger partial charge < -0.3 is 5.11 Å². The molecule has 1 N–H and O–H groups in total. The Bertz CT molecular complexity index is 2610. The number of aromatic hydroxyl groups is 1. The lowest BCUT2D eigenvalue weighted by molar-refractivity contribution is -0.384. The van der Waals surface area contributed by atoms with Gasteiger partial charge in [-0.2, -0.15) is 5.10 Å². The SMILES string of the molecule is Cc1cccc([C@H]2C3=CC[C@@H]4C(=O)N(c5cccc([N+](=O)[O-])c5)C(=O)[C@@H]4[C@@H]3C[C@H]3C(=O)N(c4cc(-c5sc6ccc(Cl)cc6c5C)nn4C)C(=O)[C@@]23C)c1O. The lowest BCUT2D eigenvalue weighted by Crippen LogP contribution is -2.49. The smallest absolute Gasteiger partial charge is 0.271 e. The number of allylic oxidation sites excluding steroid dienone is 2. The molecule has 0 spiro atoms. The Labute approximate surface area is 323 Å². The van der Waals surface area contributed by atoms with E-state index in [0.29, 0.717) is 27.7 Å². The summed E-state index contributed by atoms with van der Waals surface area (Å²) in [5.41, 5.74) is 1.81. The molecule has 278 valence electrons. The average molecular weight is 776 g/mol. The lowest BCUT2D eigenvalue weighted by Gasteiger charge is -2.49. The number of carbonyl (C=O) groups is 4. The number of para-hydroxylation sites is 1. The van der Waals surface area contributed by atoms with Crippen molar-refractivity contribution in [1.82, 2.24) is 9.78 Å². The van der Waals surface area contributed by atoms with Crippen molar-refractivity contribution in [3.8, 4) is 16.3 Å². The van der Waals surface area contributed by atoms with Crippen LogP contribution >= 0.6 is 22.9 Å². The molecule has 4 aliphatic rings. The van der Waals surface area contributed by atoms with E-state index < -0.39 is 63.6 Å². The number of phenols is 1. The Hall–Kier alpha value is -5.66. The molecule has 6 atom stereocenters. The number of thiophene rings is 1. The van der Waals surface area contributed by atoms with Crippen molar-refractivity contribution in [2.24, 2.45) is 36.1 Å². The number of benzene rings is 3. The Morgan fingerprint density at radius 2 is 1.73 bits per heavy atom. The average Bonchev–Trinajstić information content (AvgIpc) is 3.83. The van der Waals surface area contributed by atoms with E-state index in [0.717, 1.165) is 31.0 Å². The number of hydrogen-bond acceptors (Lipinski definition) is 9. The van der Waals surface area contributed by atoms with Crippen molar-refractivity contribution >= 4 is 73.8 Å². The molecule has 0 bridgehead atoms. The highest BCUT2D eigenvalue weighted by Crippen LogP contribution is 2.64. The molecule has 0 radical (unpaired) electrons. The number of fused-ring (bicyclic) bond motifs is 5. The second-order valence-corrected chi connectivity index (χ2v) is 16.7. The van der Waals surface area contributed by atoms with Gasteiger partial charge in [0.05, 0.1) is 38.7 Å². The van der Waals surface area contributed by atoms with Crippen LogP contribution in [-0.2, 0) is 26.2 Å². The third-order valence-corrected chi connectivity index (χ3v) is 13.9. The van der Waals surface area contributed by atoms with Crippen molar-refractivity contribution in [2.45, 2.75) is 39.5 Å². The first-order chi connectivity index (χ1) is 26.2. The molecule has 0 unspecified atom stereocenters. The van der Waals surface area contributed by atoms with E-state index in [1.165, 1.54) is 33.8 Å². The third kappa shape index (κ3) is 4.85. The van der Waals surface area contributed by atoms with Crippen molar-refractivity contribution < 1.29 is 29.2 Å². The number of hydrogen-bond donors (Lipinski definition) is 1. The maximum Gasteiger partial charge on any atom is 0.271 e. The molecule has 1 saturated carbocycles. The fourth-order valence-corrected chi connectivity index (χ4v) is 11.0. The molecular weight excluding hydrogens is 742 g/mol. The van der Waals surface area contributed by atoms with Crippen LogP contribution in [0.15, 0.2) is 78.4 Å². The molecule has 5 aromatic rings. The minimum atomic E-state index is -1.38. The predicted octanol–water partition coefficient (Wildman–Crippen LogP) is 7.62. The molecular formula is C41H34ClN5O7S. The number of carbonyl (C=O) groups excluding carboxylic acids is 4. The van der Waals surface area contributed by atoms with Gasteiger partial charge >= 0.3 is 0 Å². The van der Waals surface area contributed by atoms with Crippen LogP contribution in [0.1, 0.15) is 42.4 Å². The number of rotatable bonds is 5. The number of phenolic OH excluding ortho intramolecular Hbond substituents is 1. The van der Waals surface area contributed by atoms with Crippen LogP contribution in [-0.4, -0.2) is 43.4 Å². The summed E-state index contributed by atoms with van der Waals surface area (Å²) >= 11 is 7.85. The minimum Gasteiger partial charge on any atom is -0.507 e. The largest absolute Gasteiger partial charge is 0.507 e. The fourth-order valence-electron chi connectivity index (χ4n) is 9.71. The normalized spacial score (nSPS) is 26.1. The van der Waals surface area contributed by atoms with Crippen LogP contribution in [0.4, 0.5) is 17.2 Å². The Kier molecular flexibility index (Phi) is 7.76. The number of aryl methyl sites for hydroxylation is 3. The number of halogens is 1. The van der Waals surface area contributed by atoms with Gasteiger partial charge in [-0.3, -0.25) is 34.0 Å². The predicted molar refractivity (Wildman–Crippen MR) is 207 cm³/mol. The third-order valence-electron chi connectivity index (χ3n) is 12.4. The molecule has 12 nitrogen and oxygen atoms in total. The summed E-state index contributed by atoms with van der Waals surface area (Å²) < 4.78 is 2.55. The molecule has 14 heteroatoms. The molecule has 2 aliphatic heterocycles. The van der Waals surface area contributed by atoms with Gasteiger partial charge in [-0.05, 0) is 80.3 Å². The molecule has 3 fully saturated rings. The van der Waals surface area contributed by atoms with E-state index in [4.69, 9.17) is 16.7 Å². The monoisotopic (exact) mass is 775 g/mol. The van der Waals surface area contributed by atoms with Crippen molar-refractivity contribution in [1.29, 1.82) is 0 Å². The topological polar surface area (TPSA) is 156 Å². The van der Waals surface area contributed by atoms with Crippen LogP contribution in [0.3, 0.4) is 0 Å². The van der Waals surface area contributed by atoms with Gasteiger partial charge in [-0.1, -0.05) is 47.5 Å². The molecule has 55 heavy (non-hydrogen) atoms. The van der Waals surface area contributed by atoms with Crippen LogP contribution in [0.5, 0.6) is 5.75 Å². The number of non-ortho nitro benzene ring substituents is 1. The van der Waals surface area contributed by atoms with Crippen LogP contribution < -0.4 is 9.80 Å². The van der Waals surface area contributed by atoms with Crippen LogP contribution in [0, 0.1) is 53.0 Å². The number of nitro benzene ring substituents is 1. The van der Waals surface area contributed by atoms with Crippen LogP contribution in [0.2, 0.25) is 5.02 Å². The lowest BCUT2D eigenvalue weighted by atomic mass is 9.51. The zero-order chi connectivity index (χ0) is 38.8. The highest BCUT2D eigenvalue weighted by Gasteiger charge is 2.68. The summed E-state index contributed by atoms with van der Waals surface area (Å²) in [5, 5.41) is 29.5. The Balaban J connectivity index is 1.15. The zero-order valence-corrected chi connectivity index (χ0v) is 31.7. The van der Waals surface area contributed by atoms with Crippen molar-refractivity contribution in [3.63, 3.8) is 0 Å². The molecule has 4 amide bonds.